The van der Waals surface area contributed by atoms with Crippen LogP contribution in [0.25, 0.3) is 0 Å². The maximum atomic E-state index is 11.1. The molecule has 0 bridgehead atoms. The minimum Gasteiger partial charge on any atom is -0.347 e. The molecule has 114 valence electrons. The van der Waals surface area contributed by atoms with Gasteiger partial charge in [-0.15, -0.1) is 0 Å². The highest BCUT2D eigenvalue weighted by molar-refractivity contribution is 7.85. The molecule has 5 nitrogen and oxygen atoms in total. The molecule has 1 aliphatic heterocycles. The van der Waals surface area contributed by atoms with Gasteiger partial charge in [0.15, 0.2) is 5.79 Å². The summed E-state index contributed by atoms with van der Waals surface area (Å²) >= 11 is 0. The highest BCUT2D eigenvalue weighted by atomic mass is 32.2. The molecule has 1 heterocycles. The van der Waals surface area contributed by atoms with Crippen molar-refractivity contribution in [2.45, 2.75) is 37.9 Å². The van der Waals surface area contributed by atoms with Gasteiger partial charge in [-0.1, -0.05) is 0 Å². The van der Waals surface area contributed by atoms with Gasteiger partial charge in [-0.2, -0.15) is 8.42 Å². The summed E-state index contributed by atoms with van der Waals surface area (Å²) in [7, 11) is -3.32. The SMILES string of the molecule is CS(=O)(=O)OCC[C@]12CC[C@@H]3[C@H]1[C@H](CC2)C31OCCO1. The normalized spacial score (nSPS) is 44.8. The van der Waals surface area contributed by atoms with Crippen LogP contribution in [0.4, 0.5) is 0 Å². The van der Waals surface area contributed by atoms with E-state index >= 15 is 0 Å². The van der Waals surface area contributed by atoms with Gasteiger partial charge in [0.2, 0.25) is 0 Å². The number of ether oxygens (including phenoxy) is 2. The summed E-state index contributed by atoms with van der Waals surface area (Å²) in [6, 6.07) is 0. The number of hydrogen-bond donors (Lipinski definition) is 0. The van der Waals surface area contributed by atoms with Crippen molar-refractivity contribution in [2.75, 3.05) is 26.1 Å². The quantitative estimate of drug-likeness (QED) is 0.737. The molecule has 0 radical (unpaired) electrons. The fourth-order valence-electron chi connectivity index (χ4n) is 5.58. The van der Waals surface area contributed by atoms with Crippen LogP contribution in [0, 0.1) is 23.2 Å². The van der Waals surface area contributed by atoms with Crippen molar-refractivity contribution in [1.29, 1.82) is 0 Å². The van der Waals surface area contributed by atoms with Crippen molar-refractivity contribution in [3.05, 3.63) is 0 Å². The van der Waals surface area contributed by atoms with Crippen molar-refractivity contribution < 1.29 is 22.1 Å². The van der Waals surface area contributed by atoms with E-state index in [9.17, 15) is 8.42 Å². The first kappa shape index (κ1) is 13.5. The maximum Gasteiger partial charge on any atom is 0.264 e. The molecule has 1 spiro atoms. The molecule has 4 rings (SSSR count). The summed E-state index contributed by atoms with van der Waals surface area (Å²) < 4.78 is 39.1. The van der Waals surface area contributed by atoms with Crippen LogP contribution in [-0.2, 0) is 23.8 Å². The molecule has 4 fully saturated rings. The highest BCUT2D eigenvalue weighted by Gasteiger charge is 2.75. The zero-order chi connectivity index (χ0) is 14.0. The number of fused-ring (bicyclic) bond motifs is 2. The molecule has 6 heteroatoms. The third-order valence-corrected chi connectivity index (χ3v) is 6.75. The van der Waals surface area contributed by atoms with Gasteiger partial charge in [-0.25, -0.2) is 0 Å². The van der Waals surface area contributed by atoms with Gasteiger partial charge in [-0.05, 0) is 43.4 Å². The average Bonchev–Trinajstić information content (AvgIpc) is 2.96. The van der Waals surface area contributed by atoms with Gasteiger partial charge < -0.3 is 9.47 Å². The van der Waals surface area contributed by atoms with Crippen LogP contribution in [0.15, 0.2) is 0 Å². The first-order chi connectivity index (χ1) is 9.47. The lowest BCUT2D eigenvalue weighted by atomic mass is 9.58. The Kier molecular flexibility index (Phi) is 2.82. The van der Waals surface area contributed by atoms with Crippen molar-refractivity contribution in [2.24, 2.45) is 23.2 Å². The first-order valence-electron chi connectivity index (χ1n) is 7.59. The van der Waals surface area contributed by atoms with Gasteiger partial charge >= 0.3 is 0 Å². The van der Waals surface area contributed by atoms with Crippen LogP contribution < -0.4 is 0 Å². The Balaban J connectivity index is 1.47. The lowest BCUT2D eigenvalue weighted by Crippen LogP contribution is -2.61. The lowest BCUT2D eigenvalue weighted by Gasteiger charge is -2.55. The van der Waals surface area contributed by atoms with Crippen LogP contribution in [0.2, 0.25) is 0 Å². The van der Waals surface area contributed by atoms with Crippen LogP contribution in [0.5, 0.6) is 0 Å². The Hall–Kier alpha value is -0.170. The van der Waals surface area contributed by atoms with E-state index in [2.05, 4.69) is 0 Å². The Labute approximate surface area is 120 Å². The van der Waals surface area contributed by atoms with Gasteiger partial charge in [0.05, 0.1) is 26.1 Å². The van der Waals surface area contributed by atoms with Crippen molar-refractivity contribution >= 4 is 10.1 Å². The van der Waals surface area contributed by atoms with Gasteiger partial charge in [0.25, 0.3) is 10.1 Å². The number of hydrogen-bond acceptors (Lipinski definition) is 5. The number of rotatable bonds is 4. The summed E-state index contributed by atoms with van der Waals surface area (Å²) in [5.74, 6) is 1.43. The van der Waals surface area contributed by atoms with E-state index in [-0.39, 0.29) is 11.2 Å². The maximum absolute atomic E-state index is 11.1. The zero-order valence-corrected chi connectivity index (χ0v) is 12.7. The van der Waals surface area contributed by atoms with Crippen LogP contribution >= 0.6 is 0 Å². The van der Waals surface area contributed by atoms with E-state index in [1.807, 2.05) is 0 Å². The van der Waals surface area contributed by atoms with E-state index in [1.54, 1.807) is 0 Å². The second-order valence-corrected chi connectivity index (χ2v) is 8.52. The van der Waals surface area contributed by atoms with E-state index in [4.69, 9.17) is 13.7 Å². The van der Waals surface area contributed by atoms with Crippen molar-refractivity contribution in [3.63, 3.8) is 0 Å². The molecule has 0 aromatic rings. The predicted molar refractivity (Wildman–Crippen MR) is 71.4 cm³/mol. The highest BCUT2D eigenvalue weighted by Crippen LogP contribution is 2.74. The second kappa shape index (κ2) is 4.18. The molecule has 20 heavy (non-hydrogen) atoms. The molecular weight excluding hydrogens is 280 g/mol. The van der Waals surface area contributed by atoms with E-state index in [0.717, 1.165) is 38.7 Å². The zero-order valence-electron chi connectivity index (χ0n) is 11.8. The molecule has 4 aliphatic rings. The second-order valence-electron chi connectivity index (χ2n) is 6.87. The fourth-order valence-corrected chi connectivity index (χ4v) is 5.97. The molecule has 0 aromatic carbocycles. The van der Waals surface area contributed by atoms with Crippen LogP contribution in [0.3, 0.4) is 0 Å². The Bertz CT molecular complexity index is 490. The molecule has 0 amide bonds. The van der Waals surface area contributed by atoms with Crippen LogP contribution in [-0.4, -0.2) is 40.3 Å². The molecule has 3 saturated carbocycles. The molecule has 0 aromatic heterocycles. The van der Waals surface area contributed by atoms with E-state index < -0.39 is 10.1 Å². The Morgan fingerprint density at radius 1 is 1.15 bits per heavy atom. The van der Waals surface area contributed by atoms with E-state index in [1.165, 1.54) is 12.8 Å². The Morgan fingerprint density at radius 2 is 1.75 bits per heavy atom. The third kappa shape index (κ3) is 1.68. The van der Waals surface area contributed by atoms with Crippen LogP contribution in [0.1, 0.15) is 32.1 Å². The molecule has 0 N–H and O–H groups in total. The smallest absolute Gasteiger partial charge is 0.264 e. The molecule has 3 aliphatic carbocycles. The van der Waals surface area contributed by atoms with Gasteiger partial charge in [-0.3, -0.25) is 4.18 Å². The monoisotopic (exact) mass is 302 g/mol. The predicted octanol–water partition coefficient (Wildman–Crippen LogP) is 1.53. The van der Waals surface area contributed by atoms with Crippen molar-refractivity contribution in [3.8, 4) is 0 Å². The first-order valence-corrected chi connectivity index (χ1v) is 9.41. The fraction of sp³-hybridized carbons (Fsp3) is 1.00. The summed E-state index contributed by atoms with van der Waals surface area (Å²) in [4.78, 5) is 0. The minimum atomic E-state index is -3.32. The summed E-state index contributed by atoms with van der Waals surface area (Å²) in [5, 5.41) is 0. The van der Waals surface area contributed by atoms with Gasteiger partial charge in [0.1, 0.15) is 0 Å². The topological polar surface area (TPSA) is 61.8 Å². The average molecular weight is 302 g/mol. The summed E-state index contributed by atoms with van der Waals surface area (Å²) in [6.45, 7) is 1.78. The molecular formula is C14H22O5S. The summed E-state index contributed by atoms with van der Waals surface area (Å²) in [5.41, 5.74) is 0.278. The molecule has 1 saturated heterocycles. The molecule has 4 atom stereocenters. The Morgan fingerprint density at radius 3 is 2.30 bits per heavy atom. The molecule has 0 unspecified atom stereocenters. The van der Waals surface area contributed by atoms with Gasteiger partial charge in [0, 0.05) is 11.8 Å². The van der Waals surface area contributed by atoms with E-state index in [0.29, 0.717) is 24.4 Å². The van der Waals surface area contributed by atoms with Crippen molar-refractivity contribution in [1.82, 2.24) is 0 Å². The lowest BCUT2D eigenvalue weighted by molar-refractivity contribution is -0.312. The summed E-state index contributed by atoms with van der Waals surface area (Å²) in [6.07, 6.45) is 6.62. The minimum absolute atomic E-state index is 0.277. The third-order valence-electron chi connectivity index (χ3n) is 6.15. The largest absolute Gasteiger partial charge is 0.347 e. The standard InChI is InChI=1S/C14H22O5S/c1-20(15,16)19-7-6-13-4-2-10-12(13)11(3-5-13)14(10)17-8-9-18-14/h10-12H,2-9H2,1H3/t10-,11+,12+,13-.